The third-order valence-electron chi connectivity index (χ3n) is 5.46. The second kappa shape index (κ2) is 9.03. The summed E-state index contributed by atoms with van der Waals surface area (Å²) in [7, 11) is -3.48. The van der Waals surface area contributed by atoms with Crippen LogP contribution in [0.1, 0.15) is 23.4 Å². The zero-order valence-electron chi connectivity index (χ0n) is 16.8. The summed E-state index contributed by atoms with van der Waals surface area (Å²) in [5, 5.41) is 2.87. The Morgan fingerprint density at radius 1 is 1.00 bits per heavy atom. The number of hydrogen-bond donors (Lipinski definition) is 1. The summed E-state index contributed by atoms with van der Waals surface area (Å²) in [5.74, 6) is 0.203. The van der Waals surface area contributed by atoms with Gasteiger partial charge in [-0.05, 0) is 67.3 Å². The number of furan rings is 1. The first-order chi connectivity index (χ1) is 14.9. The second-order valence-corrected chi connectivity index (χ2v) is 9.48. The summed E-state index contributed by atoms with van der Waals surface area (Å²) in [6.07, 6.45) is 1.34. The Labute approximate surface area is 180 Å². The summed E-state index contributed by atoms with van der Waals surface area (Å²) in [5.41, 5.74) is 0.687. The van der Waals surface area contributed by atoms with Crippen LogP contribution in [0.15, 0.2) is 76.0 Å². The van der Waals surface area contributed by atoms with Crippen LogP contribution in [0, 0.1) is 11.7 Å². The van der Waals surface area contributed by atoms with Gasteiger partial charge in [0, 0.05) is 25.2 Å². The second-order valence-electron chi connectivity index (χ2n) is 7.54. The van der Waals surface area contributed by atoms with Crippen LogP contribution in [0.2, 0.25) is 0 Å². The Hall–Kier alpha value is -2.97. The molecule has 1 aliphatic heterocycles. The monoisotopic (exact) mass is 442 g/mol. The van der Waals surface area contributed by atoms with Gasteiger partial charge in [0.25, 0.3) is 5.91 Å². The summed E-state index contributed by atoms with van der Waals surface area (Å²) < 4.78 is 45.6. The molecule has 2 aromatic carbocycles. The van der Waals surface area contributed by atoms with E-state index >= 15 is 0 Å². The molecule has 162 valence electrons. The maximum absolute atomic E-state index is 13.1. The lowest BCUT2D eigenvalue weighted by Gasteiger charge is -2.31. The van der Waals surface area contributed by atoms with Crippen molar-refractivity contribution in [2.24, 2.45) is 5.92 Å². The molecule has 4 rings (SSSR count). The van der Waals surface area contributed by atoms with E-state index in [9.17, 15) is 17.6 Å². The molecule has 0 saturated carbocycles. The van der Waals surface area contributed by atoms with Crippen molar-refractivity contribution in [1.29, 1.82) is 0 Å². The van der Waals surface area contributed by atoms with E-state index in [1.807, 2.05) is 0 Å². The lowest BCUT2D eigenvalue weighted by Crippen LogP contribution is -2.41. The van der Waals surface area contributed by atoms with Crippen LogP contribution in [0.25, 0.3) is 11.3 Å². The van der Waals surface area contributed by atoms with Crippen molar-refractivity contribution in [3.63, 3.8) is 0 Å². The van der Waals surface area contributed by atoms with Gasteiger partial charge in [-0.25, -0.2) is 12.8 Å². The molecule has 0 bridgehead atoms. The van der Waals surface area contributed by atoms with Gasteiger partial charge in [-0.15, -0.1) is 0 Å². The fourth-order valence-electron chi connectivity index (χ4n) is 3.65. The molecule has 0 aliphatic carbocycles. The molecule has 0 atom stereocenters. The van der Waals surface area contributed by atoms with Gasteiger partial charge in [0.1, 0.15) is 11.6 Å². The lowest BCUT2D eigenvalue weighted by atomic mass is 9.98. The van der Waals surface area contributed by atoms with Gasteiger partial charge in [0.2, 0.25) is 10.0 Å². The summed E-state index contributed by atoms with van der Waals surface area (Å²) in [6, 6.07) is 17.5. The molecule has 0 spiro atoms. The van der Waals surface area contributed by atoms with Crippen LogP contribution in [-0.4, -0.2) is 38.3 Å². The number of carbonyl (C=O) groups is 1. The van der Waals surface area contributed by atoms with Gasteiger partial charge in [-0.2, -0.15) is 4.31 Å². The van der Waals surface area contributed by atoms with Crippen molar-refractivity contribution in [1.82, 2.24) is 9.62 Å². The van der Waals surface area contributed by atoms with Crippen molar-refractivity contribution in [3.8, 4) is 11.3 Å². The summed E-state index contributed by atoms with van der Waals surface area (Å²) >= 11 is 0. The van der Waals surface area contributed by atoms with E-state index in [1.54, 1.807) is 54.6 Å². The van der Waals surface area contributed by atoms with E-state index in [4.69, 9.17) is 4.42 Å². The molecule has 3 aromatic rings. The number of carbonyl (C=O) groups excluding carboxylic acids is 1. The third kappa shape index (κ3) is 4.86. The predicted molar refractivity (Wildman–Crippen MR) is 114 cm³/mol. The van der Waals surface area contributed by atoms with Crippen molar-refractivity contribution in [3.05, 3.63) is 78.3 Å². The fourth-order valence-corrected chi connectivity index (χ4v) is 5.14. The van der Waals surface area contributed by atoms with Crippen LogP contribution in [0.4, 0.5) is 4.39 Å². The number of nitrogens with one attached hydrogen (secondary N) is 1. The Morgan fingerprint density at radius 3 is 2.35 bits per heavy atom. The van der Waals surface area contributed by atoms with Gasteiger partial charge in [0.15, 0.2) is 5.76 Å². The van der Waals surface area contributed by atoms with E-state index < -0.39 is 10.0 Å². The maximum atomic E-state index is 13.1. The molecule has 1 amide bonds. The normalized spacial score (nSPS) is 15.6. The molecule has 1 saturated heterocycles. The third-order valence-corrected chi connectivity index (χ3v) is 7.38. The molecule has 1 aromatic heterocycles. The molecule has 1 aliphatic rings. The topological polar surface area (TPSA) is 79.6 Å². The van der Waals surface area contributed by atoms with Gasteiger partial charge in [-0.3, -0.25) is 4.79 Å². The van der Waals surface area contributed by atoms with Crippen LogP contribution in [0.5, 0.6) is 0 Å². The number of piperidine rings is 1. The largest absolute Gasteiger partial charge is 0.451 e. The van der Waals surface area contributed by atoms with Gasteiger partial charge in [0.05, 0.1) is 4.90 Å². The maximum Gasteiger partial charge on any atom is 0.287 e. The quantitative estimate of drug-likeness (QED) is 0.628. The molecule has 8 heteroatoms. The minimum absolute atomic E-state index is 0.184. The smallest absolute Gasteiger partial charge is 0.287 e. The lowest BCUT2D eigenvalue weighted by molar-refractivity contribution is 0.0914. The zero-order valence-corrected chi connectivity index (χ0v) is 17.6. The van der Waals surface area contributed by atoms with Crippen LogP contribution in [-0.2, 0) is 10.0 Å². The number of nitrogens with zero attached hydrogens (tertiary/aromatic N) is 1. The molecular formula is C23H23FN2O4S. The molecule has 6 nitrogen and oxygen atoms in total. The molecular weight excluding hydrogens is 419 g/mol. The van der Waals surface area contributed by atoms with E-state index in [1.165, 1.54) is 16.4 Å². The molecule has 0 unspecified atom stereocenters. The van der Waals surface area contributed by atoms with Gasteiger partial charge in [-0.1, -0.05) is 18.2 Å². The summed E-state index contributed by atoms with van der Waals surface area (Å²) in [4.78, 5) is 12.7. The highest BCUT2D eigenvalue weighted by molar-refractivity contribution is 7.89. The summed E-state index contributed by atoms with van der Waals surface area (Å²) in [6.45, 7) is 1.30. The number of sulfonamides is 1. The predicted octanol–water partition coefficient (Wildman–Crippen LogP) is 3.92. The van der Waals surface area contributed by atoms with Crippen LogP contribution < -0.4 is 5.32 Å². The fraction of sp³-hybridized carbons (Fsp3) is 0.261. The van der Waals surface area contributed by atoms with Crippen molar-refractivity contribution in [2.45, 2.75) is 17.7 Å². The zero-order chi connectivity index (χ0) is 21.8. The SMILES string of the molecule is O=C(NCC1CCN(S(=O)(=O)c2ccccc2)CC1)c1ccc(-c2ccc(F)cc2)o1. The van der Waals surface area contributed by atoms with Gasteiger partial charge < -0.3 is 9.73 Å². The molecule has 31 heavy (non-hydrogen) atoms. The molecule has 2 heterocycles. The Bertz CT molecular complexity index is 1140. The van der Waals surface area contributed by atoms with Crippen LogP contribution >= 0.6 is 0 Å². The molecule has 1 N–H and O–H groups in total. The van der Waals surface area contributed by atoms with E-state index in [0.717, 1.165) is 0 Å². The van der Waals surface area contributed by atoms with Gasteiger partial charge >= 0.3 is 0 Å². The van der Waals surface area contributed by atoms with E-state index in [-0.39, 0.29) is 23.4 Å². The first-order valence-electron chi connectivity index (χ1n) is 10.1. The van der Waals surface area contributed by atoms with Crippen LogP contribution in [0.3, 0.4) is 0 Å². The molecule has 1 fully saturated rings. The minimum atomic E-state index is -3.48. The van der Waals surface area contributed by atoms with Crippen molar-refractivity contribution >= 4 is 15.9 Å². The highest BCUT2D eigenvalue weighted by Gasteiger charge is 2.29. The number of halogens is 1. The van der Waals surface area contributed by atoms with E-state index in [2.05, 4.69) is 5.32 Å². The minimum Gasteiger partial charge on any atom is -0.451 e. The Kier molecular flexibility index (Phi) is 6.20. The standard InChI is InChI=1S/C23H23FN2O4S/c24-19-8-6-18(7-9-19)21-10-11-22(30-21)23(27)25-16-17-12-14-26(15-13-17)31(28,29)20-4-2-1-3-5-20/h1-11,17H,12-16H2,(H,25,27). The van der Waals surface area contributed by atoms with Crippen molar-refractivity contribution < 1.29 is 22.0 Å². The average molecular weight is 443 g/mol. The molecule has 0 radical (unpaired) electrons. The highest BCUT2D eigenvalue weighted by Crippen LogP contribution is 2.24. The number of rotatable bonds is 6. The van der Waals surface area contributed by atoms with Crippen molar-refractivity contribution in [2.75, 3.05) is 19.6 Å². The van der Waals surface area contributed by atoms with E-state index in [0.29, 0.717) is 48.7 Å². The highest BCUT2D eigenvalue weighted by atomic mass is 32.2. The number of benzene rings is 2. The Balaban J connectivity index is 1.29. The first-order valence-corrected chi connectivity index (χ1v) is 11.6. The number of hydrogen-bond acceptors (Lipinski definition) is 4. The average Bonchev–Trinajstić information content (AvgIpc) is 3.29. The Morgan fingerprint density at radius 2 is 1.68 bits per heavy atom. The number of amides is 1. The first kappa shape index (κ1) is 21.3.